The fraction of sp³-hybridized carbons (Fsp3) is 0.304. The first kappa shape index (κ1) is 24.4. The van der Waals surface area contributed by atoms with Crippen LogP contribution in [0.4, 0.5) is 0 Å². The molecule has 0 radical (unpaired) electrons. The van der Waals surface area contributed by atoms with Crippen LogP contribution in [0.25, 0.3) is 0 Å². The van der Waals surface area contributed by atoms with Crippen molar-refractivity contribution in [3.05, 3.63) is 65.5 Å². The largest absolute Gasteiger partial charge is 0.481 e. The van der Waals surface area contributed by atoms with Crippen LogP contribution in [0.15, 0.2) is 48.7 Å². The third-order valence-electron chi connectivity index (χ3n) is 5.46. The summed E-state index contributed by atoms with van der Waals surface area (Å²) >= 11 is 0. The number of amides is 3. The summed E-state index contributed by atoms with van der Waals surface area (Å²) in [6.07, 6.45) is 1.60. The highest BCUT2D eigenvalue weighted by Crippen LogP contribution is 2.25. The molecule has 1 aromatic carbocycles. The standard InChI is InChI=1S/C23H26N6O5/c24-20(25)15-5-7-16(8-6-15)21(32)27-10-3-11-28-12-13-29(23(34)22(28)33)18(14-19(30)31)17-4-1-2-9-26-17/h1-2,4-9,18H,3,10-14H2,(H3,24,25)(H,27,32)(H,30,31). The molecule has 34 heavy (non-hydrogen) atoms. The van der Waals surface area contributed by atoms with Crippen molar-refractivity contribution in [3.63, 3.8) is 0 Å². The second-order valence-electron chi connectivity index (χ2n) is 7.76. The summed E-state index contributed by atoms with van der Waals surface area (Å²) in [7, 11) is 0. The molecule has 1 saturated heterocycles. The molecule has 1 fully saturated rings. The van der Waals surface area contributed by atoms with Crippen molar-refractivity contribution in [3.8, 4) is 0 Å². The lowest BCUT2D eigenvalue weighted by atomic mass is 10.1. The van der Waals surface area contributed by atoms with Crippen LogP contribution in [0.1, 0.15) is 40.5 Å². The maximum absolute atomic E-state index is 12.8. The number of nitrogen functional groups attached to an aromatic ring is 1. The second-order valence-corrected chi connectivity index (χ2v) is 7.76. The van der Waals surface area contributed by atoms with E-state index in [0.29, 0.717) is 29.8 Å². The number of pyridine rings is 1. The predicted molar refractivity (Wildman–Crippen MR) is 122 cm³/mol. The summed E-state index contributed by atoms with van der Waals surface area (Å²) < 4.78 is 0. The molecule has 1 aromatic heterocycles. The third kappa shape index (κ3) is 5.94. The highest BCUT2D eigenvalue weighted by Gasteiger charge is 2.38. The smallest absolute Gasteiger partial charge is 0.312 e. The maximum Gasteiger partial charge on any atom is 0.312 e. The van der Waals surface area contributed by atoms with E-state index in [-0.39, 0.29) is 37.8 Å². The minimum atomic E-state index is -1.09. The van der Waals surface area contributed by atoms with Gasteiger partial charge < -0.3 is 26.0 Å². The Hall–Kier alpha value is -4.28. The van der Waals surface area contributed by atoms with Gasteiger partial charge in [-0.15, -0.1) is 0 Å². The number of hydrogen-bond donors (Lipinski definition) is 4. The molecule has 0 aliphatic carbocycles. The quantitative estimate of drug-likeness (QED) is 0.170. The van der Waals surface area contributed by atoms with Crippen molar-refractivity contribution >= 4 is 29.5 Å². The molecule has 0 saturated carbocycles. The molecule has 0 spiro atoms. The maximum atomic E-state index is 12.8. The molecule has 1 unspecified atom stereocenters. The molecule has 2 heterocycles. The molecule has 1 atom stereocenters. The number of nitrogens with two attached hydrogens (primary N) is 1. The summed E-state index contributed by atoms with van der Waals surface area (Å²) in [4.78, 5) is 55.8. The van der Waals surface area contributed by atoms with E-state index in [4.69, 9.17) is 11.1 Å². The number of benzene rings is 1. The molecule has 11 heteroatoms. The first-order valence-corrected chi connectivity index (χ1v) is 10.7. The van der Waals surface area contributed by atoms with Gasteiger partial charge in [-0.25, -0.2) is 0 Å². The van der Waals surface area contributed by atoms with Crippen molar-refractivity contribution in [1.29, 1.82) is 5.41 Å². The number of nitrogens with zero attached hydrogens (tertiary/aromatic N) is 3. The Morgan fingerprint density at radius 2 is 1.79 bits per heavy atom. The van der Waals surface area contributed by atoms with Crippen LogP contribution in [-0.2, 0) is 14.4 Å². The lowest BCUT2D eigenvalue weighted by molar-refractivity contribution is -0.159. The van der Waals surface area contributed by atoms with Gasteiger partial charge in [0.2, 0.25) is 0 Å². The van der Waals surface area contributed by atoms with E-state index in [1.54, 1.807) is 42.5 Å². The Morgan fingerprint density at radius 3 is 2.41 bits per heavy atom. The average Bonchev–Trinajstić information content (AvgIpc) is 2.83. The average molecular weight is 466 g/mol. The first-order chi connectivity index (χ1) is 16.3. The van der Waals surface area contributed by atoms with Crippen LogP contribution in [0, 0.1) is 5.41 Å². The number of aromatic nitrogens is 1. The van der Waals surface area contributed by atoms with Crippen molar-refractivity contribution < 1.29 is 24.3 Å². The lowest BCUT2D eigenvalue weighted by Gasteiger charge is -2.37. The van der Waals surface area contributed by atoms with Gasteiger partial charge >= 0.3 is 17.8 Å². The van der Waals surface area contributed by atoms with Gasteiger partial charge in [-0.1, -0.05) is 18.2 Å². The number of carboxylic acid groups (broad SMARTS) is 1. The molecule has 0 bridgehead atoms. The van der Waals surface area contributed by atoms with Gasteiger partial charge in [0.1, 0.15) is 5.84 Å². The zero-order valence-electron chi connectivity index (χ0n) is 18.4. The van der Waals surface area contributed by atoms with Crippen molar-refractivity contribution in [2.45, 2.75) is 18.9 Å². The van der Waals surface area contributed by atoms with Crippen molar-refractivity contribution in [1.82, 2.24) is 20.1 Å². The zero-order valence-corrected chi connectivity index (χ0v) is 18.4. The Bertz CT molecular complexity index is 1070. The molecule has 3 amide bonds. The predicted octanol–water partition coefficient (Wildman–Crippen LogP) is 0.372. The van der Waals surface area contributed by atoms with Gasteiger partial charge in [0.25, 0.3) is 5.91 Å². The molecule has 2 aromatic rings. The molecule has 1 aliphatic heterocycles. The SMILES string of the molecule is N=C(N)c1ccc(C(=O)NCCCN2CCN(C(CC(=O)O)c3ccccn3)C(=O)C2=O)cc1. The second kappa shape index (κ2) is 11.0. The van der Waals surface area contributed by atoms with E-state index < -0.39 is 23.8 Å². The molecular weight excluding hydrogens is 440 g/mol. The summed E-state index contributed by atoms with van der Waals surface area (Å²) in [5, 5.41) is 19.4. The van der Waals surface area contributed by atoms with E-state index in [1.807, 2.05) is 0 Å². The van der Waals surface area contributed by atoms with Gasteiger partial charge in [-0.05, 0) is 30.7 Å². The zero-order chi connectivity index (χ0) is 24.7. The third-order valence-corrected chi connectivity index (χ3v) is 5.46. The molecule has 11 nitrogen and oxygen atoms in total. The Balaban J connectivity index is 1.52. The van der Waals surface area contributed by atoms with Crippen LogP contribution < -0.4 is 11.1 Å². The number of carbonyl (C=O) groups excluding carboxylic acids is 3. The number of aliphatic carboxylic acids is 1. The lowest BCUT2D eigenvalue weighted by Crippen LogP contribution is -2.55. The Labute approximate surface area is 196 Å². The molecule has 1 aliphatic rings. The van der Waals surface area contributed by atoms with Gasteiger partial charge in [-0.3, -0.25) is 29.6 Å². The van der Waals surface area contributed by atoms with Gasteiger partial charge in [-0.2, -0.15) is 0 Å². The summed E-state index contributed by atoms with van der Waals surface area (Å²) in [5.74, 6) is -2.94. The Kier molecular flexibility index (Phi) is 7.91. The number of rotatable bonds is 10. The van der Waals surface area contributed by atoms with E-state index >= 15 is 0 Å². The van der Waals surface area contributed by atoms with Crippen molar-refractivity contribution in [2.24, 2.45) is 5.73 Å². The summed E-state index contributed by atoms with van der Waals surface area (Å²) in [5.41, 5.74) is 6.76. The number of hydrogen-bond acceptors (Lipinski definition) is 6. The summed E-state index contributed by atoms with van der Waals surface area (Å²) in [6, 6.07) is 10.5. The summed E-state index contributed by atoms with van der Waals surface area (Å²) in [6.45, 7) is 1.02. The van der Waals surface area contributed by atoms with E-state index in [9.17, 15) is 24.3 Å². The highest BCUT2D eigenvalue weighted by molar-refractivity contribution is 6.35. The fourth-order valence-corrected chi connectivity index (χ4v) is 3.69. The van der Waals surface area contributed by atoms with E-state index in [0.717, 1.165) is 0 Å². The van der Waals surface area contributed by atoms with Gasteiger partial charge in [0, 0.05) is 43.5 Å². The normalized spacial score (nSPS) is 14.6. The van der Waals surface area contributed by atoms with Crippen LogP contribution in [0.5, 0.6) is 0 Å². The number of carboxylic acids is 1. The minimum Gasteiger partial charge on any atom is -0.481 e. The topological polar surface area (TPSA) is 170 Å². The van der Waals surface area contributed by atoms with E-state index in [2.05, 4.69) is 10.3 Å². The highest BCUT2D eigenvalue weighted by atomic mass is 16.4. The molecule has 3 rings (SSSR count). The van der Waals surface area contributed by atoms with Gasteiger partial charge in [0.15, 0.2) is 0 Å². The van der Waals surface area contributed by atoms with Crippen LogP contribution in [-0.4, -0.2) is 75.6 Å². The van der Waals surface area contributed by atoms with Crippen molar-refractivity contribution in [2.75, 3.05) is 26.2 Å². The molecule has 5 N–H and O–H groups in total. The molecular formula is C23H26N6O5. The minimum absolute atomic E-state index is 0.0828. The van der Waals surface area contributed by atoms with Crippen LogP contribution in [0.3, 0.4) is 0 Å². The first-order valence-electron chi connectivity index (χ1n) is 10.7. The van der Waals surface area contributed by atoms with Crippen LogP contribution in [0.2, 0.25) is 0 Å². The number of amidine groups is 1. The number of carbonyl (C=O) groups is 4. The Morgan fingerprint density at radius 1 is 1.09 bits per heavy atom. The number of nitrogens with one attached hydrogen (secondary N) is 2. The fourth-order valence-electron chi connectivity index (χ4n) is 3.69. The van der Waals surface area contributed by atoms with E-state index in [1.165, 1.54) is 16.0 Å². The monoisotopic (exact) mass is 466 g/mol. The number of piperazine rings is 1. The molecule has 178 valence electrons. The van der Waals surface area contributed by atoms with Crippen LogP contribution >= 0.6 is 0 Å². The van der Waals surface area contributed by atoms with Gasteiger partial charge in [0.05, 0.1) is 18.2 Å².